The minimum atomic E-state index is -4.66. The van der Waals surface area contributed by atoms with Crippen LogP contribution in [-0.4, -0.2) is 47.5 Å². The van der Waals surface area contributed by atoms with Gasteiger partial charge in [-0.25, -0.2) is 0 Å². The molecule has 0 aliphatic carbocycles. The van der Waals surface area contributed by atoms with Crippen molar-refractivity contribution >= 4 is 27.2 Å². The number of hydrogen-bond donors (Lipinski definition) is 0. The summed E-state index contributed by atoms with van der Waals surface area (Å²) in [6.07, 6.45) is 3.49. The number of likely N-dealkylation sites (tertiary alicyclic amines) is 1. The zero-order valence-corrected chi connectivity index (χ0v) is 12.5. The zero-order chi connectivity index (χ0) is 15.7. The van der Waals surface area contributed by atoms with Gasteiger partial charge in [0.05, 0.1) is 11.0 Å². The summed E-state index contributed by atoms with van der Waals surface area (Å²) in [5.41, 5.74) is 2.51. The van der Waals surface area contributed by atoms with Gasteiger partial charge in [-0.05, 0) is 24.1 Å². The number of carbonyl (C=O) groups is 1. The maximum absolute atomic E-state index is 13.0. The largest absolute Gasteiger partial charge is 0.341 e. The Hall–Kier alpha value is -2.09. The Balaban J connectivity index is 1.68. The maximum atomic E-state index is 13.0. The van der Waals surface area contributed by atoms with Gasteiger partial charge in [0.25, 0.3) is 0 Å². The number of nitrogens with zero attached hydrogens (tertiary/aromatic N) is 3. The summed E-state index contributed by atoms with van der Waals surface area (Å²) in [5, 5.41) is -1.23. The minimum absolute atomic E-state index is 0.0783. The first-order valence-electron chi connectivity index (χ1n) is 6.84. The average molecular weight is 323 g/mol. The highest BCUT2D eigenvalue weighted by atomic mass is 32.3. The van der Waals surface area contributed by atoms with Crippen molar-refractivity contribution in [3.63, 3.8) is 0 Å². The SMILES string of the molecule is O=C1CC(S(=O)(=O)F)CN1CCc1ccc2nccnc2c1. The standard InChI is InChI=1S/C14H14FN3O3S/c15-22(20,21)11-8-14(19)18(9-11)6-3-10-1-2-12-13(7-10)17-5-4-16-12/h1-2,4-5,7,11H,3,6,8-9H2. The molecule has 1 aromatic heterocycles. The fourth-order valence-electron chi connectivity index (χ4n) is 2.57. The highest BCUT2D eigenvalue weighted by Gasteiger charge is 2.37. The lowest BCUT2D eigenvalue weighted by molar-refractivity contribution is -0.127. The summed E-state index contributed by atoms with van der Waals surface area (Å²) in [5.74, 6) is -0.327. The van der Waals surface area contributed by atoms with Crippen LogP contribution in [0.25, 0.3) is 11.0 Å². The van der Waals surface area contributed by atoms with E-state index in [0.717, 1.165) is 16.6 Å². The molecule has 2 heterocycles. The Morgan fingerprint density at radius 3 is 2.64 bits per heavy atom. The average Bonchev–Trinajstić information content (AvgIpc) is 2.86. The normalized spacial score (nSPS) is 19.0. The smallest absolute Gasteiger partial charge is 0.307 e. The molecule has 8 heteroatoms. The quantitative estimate of drug-likeness (QED) is 0.786. The molecule has 1 aliphatic rings. The van der Waals surface area contributed by atoms with Gasteiger partial charge in [0, 0.05) is 31.9 Å². The topological polar surface area (TPSA) is 80.2 Å². The molecule has 6 nitrogen and oxygen atoms in total. The van der Waals surface area contributed by atoms with E-state index < -0.39 is 15.5 Å². The number of aromatic nitrogens is 2. The Morgan fingerprint density at radius 1 is 1.23 bits per heavy atom. The van der Waals surface area contributed by atoms with E-state index in [9.17, 15) is 17.1 Å². The van der Waals surface area contributed by atoms with Crippen molar-refractivity contribution in [1.82, 2.24) is 14.9 Å². The van der Waals surface area contributed by atoms with Crippen LogP contribution in [0.1, 0.15) is 12.0 Å². The zero-order valence-electron chi connectivity index (χ0n) is 11.6. The van der Waals surface area contributed by atoms with Crippen LogP contribution in [0.15, 0.2) is 30.6 Å². The van der Waals surface area contributed by atoms with Gasteiger partial charge in [0.15, 0.2) is 0 Å². The molecular weight excluding hydrogens is 309 g/mol. The maximum Gasteiger partial charge on any atom is 0.307 e. The highest BCUT2D eigenvalue weighted by molar-refractivity contribution is 7.87. The Morgan fingerprint density at radius 2 is 1.95 bits per heavy atom. The summed E-state index contributed by atoms with van der Waals surface area (Å²) in [4.78, 5) is 21.5. The third kappa shape index (κ3) is 3.06. The van der Waals surface area contributed by atoms with Gasteiger partial charge in [-0.3, -0.25) is 14.8 Å². The molecule has 116 valence electrons. The number of carbonyl (C=O) groups excluding carboxylic acids is 1. The number of halogens is 1. The molecule has 1 unspecified atom stereocenters. The van der Waals surface area contributed by atoms with Crippen LogP contribution < -0.4 is 0 Å². The van der Waals surface area contributed by atoms with Gasteiger partial charge in [0.1, 0.15) is 5.25 Å². The fourth-order valence-corrected chi connectivity index (χ4v) is 3.27. The van der Waals surface area contributed by atoms with Crippen molar-refractivity contribution in [2.24, 2.45) is 0 Å². The van der Waals surface area contributed by atoms with E-state index in [1.54, 1.807) is 12.4 Å². The number of rotatable bonds is 4. The van der Waals surface area contributed by atoms with Crippen LogP contribution in [-0.2, 0) is 21.4 Å². The van der Waals surface area contributed by atoms with E-state index in [1.807, 2.05) is 18.2 Å². The molecule has 0 N–H and O–H groups in total. The second-order valence-electron chi connectivity index (χ2n) is 5.27. The summed E-state index contributed by atoms with van der Waals surface area (Å²) in [6, 6.07) is 5.62. The van der Waals surface area contributed by atoms with Crippen LogP contribution in [0.5, 0.6) is 0 Å². The third-order valence-electron chi connectivity index (χ3n) is 3.78. The first-order valence-corrected chi connectivity index (χ1v) is 8.29. The van der Waals surface area contributed by atoms with Crippen LogP contribution in [0.3, 0.4) is 0 Å². The van der Waals surface area contributed by atoms with E-state index in [1.165, 1.54) is 4.90 Å². The Kier molecular flexibility index (Phi) is 3.78. The number of amides is 1. The van der Waals surface area contributed by atoms with Crippen molar-refractivity contribution in [2.75, 3.05) is 13.1 Å². The molecule has 0 saturated carbocycles. The molecule has 1 atom stereocenters. The van der Waals surface area contributed by atoms with Gasteiger partial charge >= 0.3 is 10.2 Å². The van der Waals surface area contributed by atoms with Gasteiger partial charge in [0.2, 0.25) is 5.91 Å². The number of fused-ring (bicyclic) bond motifs is 1. The molecule has 1 amide bonds. The Bertz CT molecular complexity index is 825. The van der Waals surface area contributed by atoms with Gasteiger partial charge in [-0.2, -0.15) is 8.42 Å². The predicted molar refractivity (Wildman–Crippen MR) is 78.3 cm³/mol. The summed E-state index contributed by atoms with van der Waals surface area (Å²) < 4.78 is 34.7. The predicted octanol–water partition coefficient (Wildman–Crippen LogP) is 1.07. The van der Waals surface area contributed by atoms with Crippen molar-refractivity contribution in [2.45, 2.75) is 18.1 Å². The van der Waals surface area contributed by atoms with Gasteiger partial charge in [-0.1, -0.05) is 6.07 Å². The van der Waals surface area contributed by atoms with Crippen molar-refractivity contribution in [3.8, 4) is 0 Å². The molecule has 1 aliphatic heterocycles. The van der Waals surface area contributed by atoms with Crippen LogP contribution >= 0.6 is 0 Å². The minimum Gasteiger partial charge on any atom is -0.341 e. The number of hydrogen-bond acceptors (Lipinski definition) is 5. The molecular formula is C14H14FN3O3S. The van der Waals surface area contributed by atoms with Crippen molar-refractivity contribution in [1.29, 1.82) is 0 Å². The van der Waals surface area contributed by atoms with Crippen molar-refractivity contribution in [3.05, 3.63) is 36.2 Å². The lowest BCUT2D eigenvalue weighted by atomic mass is 10.1. The van der Waals surface area contributed by atoms with E-state index in [0.29, 0.717) is 13.0 Å². The molecule has 2 aromatic rings. The van der Waals surface area contributed by atoms with Crippen LogP contribution in [0.4, 0.5) is 3.89 Å². The van der Waals surface area contributed by atoms with Crippen molar-refractivity contribution < 1.29 is 17.1 Å². The molecule has 1 fully saturated rings. The van der Waals surface area contributed by atoms with Crippen LogP contribution in [0, 0.1) is 0 Å². The first kappa shape index (κ1) is 14.8. The Labute approximate surface area is 127 Å². The van der Waals surface area contributed by atoms with E-state index in [4.69, 9.17) is 0 Å². The molecule has 3 rings (SSSR count). The molecule has 0 bridgehead atoms. The second-order valence-corrected chi connectivity index (χ2v) is 6.89. The van der Waals surface area contributed by atoms with E-state index in [-0.39, 0.29) is 18.9 Å². The number of benzene rings is 1. The monoisotopic (exact) mass is 323 g/mol. The summed E-state index contributed by atoms with van der Waals surface area (Å²) >= 11 is 0. The van der Waals surface area contributed by atoms with Gasteiger partial charge < -0.3 is 4.90 Å². The molecule has 1 saturated heterocycles. The van der Waals surface area contributed by atoms with E-state index >= 15 is 0 Å². The van der Waals surface area contributed by atoms with Gasteiger partial charge in [-0.15, -0.1) is 3.89 Å². The lowest BCUT2D eigenvalue weighted by Crippen LogP contribution is -2.29. The molecule has 0 radical (unpaired) electrons. The fraction of sp³-hybridized carbons (Fsp3) is 0.357. The summed E-state index contributed by atoms with van der Waals surface area (Å²) in [7, 11) is -4.66. The molecule has 1 aromatic carbocycles. The summed E-state index contributed by atoms with van der Waals surface area (Å²) in [6.45, 7) is 0.279. The first-order chi connectivity index (χ1) is 10.4. The third-order valence-corrected chi connectivity index (χ3v) is 4.89. The lowest BCUT2D eigenvalue weighted by Gasteiger charge is -2.15. The van der Waals surface area contributed by atoms with E-state index in [2.05, 4.69) is 9.97 Å². The van der Waals surface area contributed by atoms with Crippen LogP contribution in [0.2, 0.25) is 0 Å². The molecule has 0 spiro atoms. The second kappa shape index (κ2) is 5.60. The molecule has 22 heavy (non-hydrogen) atoms. The highest BCUT2D eigenvalue weighted by Crippen LogP contribution is 2.20.